The molecule has 0 aliphatic heterocycles. The van der Waals surface area contributed by atoms with Crippen LogP contribution in [0.3, 0.4) is 0 Å². The van der Waals surface area contributed by atoms with Crippen LogP contribution in [0, 0.1) is 45.3 Å². The van der Waals surface area contributed by atoms with Crippen molar-refractivity contribution in [2.75, 3.05) is 0 Å². The van der Waals surface area contributed by atoms with E-state index in [0.717, 1.165) is 24.3 Å². The third kappa shape index (κ3) is 5.67. The maximum atomic E-state index is 13.0. The molecule has 8 nitrogen and oxygen atoms in total. The maximum Gasteiger partial charge on any atom is 0.573 e. The summed E-state index contributed by atoms with van der Waals surface area (Å²) >= 11 is 0. The van der Waals surface area contributed by atoms with Gasteiger partial charge in [0.15, 0.2) is 0 Å². The maximum absolute atomic E-state index is 13.0. The lowest BCUT2D eigenvalue weighted by molar-refractivity contribution is -0.275. The summed E-state index contributed by atoms with van der Waals surface area (Å²) in [5.74, 6) is -1.78. The number of nitriles is 4. The number of rotatable bonds is 4. The Labute approximate surface area is 255 Å². The Morgan fingerprint density at radius 3 is 1.17 bits per heavy atom. The summed E-state index contributed by atoms with van der Waals surface area (Å²) in [6, 6.07) is 19.8. The molecule has 1 aliphatic carbocycles. The fourth-order valence-electron chi connectivity index (χ4n) is 5.16. The van der Waals surface area contributed by atoms with Gasteiger partial charge in [-0.25, -0.2) is 0 Å². The van der Waals surface area contributed by atoms with Gasteiger partial charge in [-0.1, -0.05) is 12.1 Å². The largest absolute Gasteiger partial charge is 0.573 e. The van der Waals surface area contributed by atoms with Crippen LogP contribution in [0.15, 0.2) is 66.5 Å². The predicted octanol–water partition coefficient (Wildman–Crippen LogP) is 6.92. The summed E-state index contributed by atoms with van der Waals surface area (Å²) in [5.41, 5.74) is 13.5. The van der Waals surface area contributed by atoms with Crippen molar-refractivity contribution < 1.29 is 35.8 Å². The van der Waals surface area contributed by atoms with E-state index in [1.807, 2.05) is 12.1 Å². The lowest BCUT2D eigenvalue weighted by Gasteiger charge is -2.14. The molecule has 0 saturated heterocycles. The number of fused-ring (bicyclic) bond motifs is 3. The zero-order valence-corrected chi connectivity index (χ0v) is 22.8. The molecule has 0 bridgehead atoms. The van der Waals surface area contributed by atoms with E-state index in [1.54, 1.807) is 12.1 Å². The molecule has 0 aromatic heterocycles. The Balaban J connectivity index is 1.71. The number of nitrogens with zero attached hydrogens (tertiary/aromatic N) is 4. The number of alkyl halides is 6. The average Bonchev–Trinajstić information content (AvgIpc) is 3.30. The molecule has 5 rings (SSSR count). The Kier molecular flexibility index (Phi) is 7.45. The molecule has 4 N–H and O–H groups in total. The smallest absolute Gasteiger partial charge is 0.404 e. The third-order valence-electron chi connectivity index (χ3n) is 6.95. The molecule has 0 unspecified atom stereocenters. The molecule has 14 heteroatoms. The Bertz CT molecular complexity index is 2010. The second-order valence-corrected chi connectivity index (χ2v) is 9.68. The molecule has 46 heavy (non-hydrogen) atoms. The number of hydrogen-bond acceptors (Lipinski definition) is 8. The highest BCUT2D eigenvalue weighted by atomic mass is 19.4. The Hall–Kier alpha value is -6.64. The standard InChI is InChI=1S/C32H14F6N6O2/c33-31(34,35)45-27-7-15(1-3-17(27)11-39)21-9-25-23(5-19(21)13-41)24-6-20(14-42)22(10-26(24)29(25)30(43)44)16-2-4-18(12-40)28(8-16)46-32(36,37)38/h1-10H,43-44H2. The van der Waals surface area contributed by atoms with Crippen LogP contribution in [-0.2, 0) is 0 Å². The minimum atomic E-state index is -5.10. The highest BCUT2D eigenvalue weighted by Gasteiger charge is 2.34. The fourth-order valence-corrected chi connectivity index (χ4v) is 5.16. The van der Waals surface area contributed by atoms with Crippen molar-refractivity contribution in [3.05, 3.63) is 99.9 Å². The van der Waals surface area contributed by atoms with Crippen molar-refractivity contribution in [3.8, 4) is 69.2 Å². The van der Waals surface area contributed by atoms with Crippen molar-refractivity contribution in [3.63, 3.8) is 0 Å². The first-order valence-corrected chi connectivity index (χ1v) is 12.7. The normalized spacial score (nSPS) is 11.7. The quantitative estimate of drug-likeness (QED) is 0.202. The predicted molar refractivity (Wildman–Crippen MR) is 149 cm³/mol. The van der Waals surface area contributed by atoms with Gasteiger partial charge in [0.2, 0.25) is 0 Å². The van der Waals surface area contributed by atoms with Crippen molar-refractivity contribution in [1.29, 1.82) is 21.0 Å². The van der Waals surface area contributed by atoms with Crippen LogP contribution in [0.25, 0.3) is 39.0 Å². The summed E-state index contributed by atoms with van der Waals surface area (Å²) in [7, 11) is 0. The van der Waals surface area contributed by atoms with Gasteiger partial charge in [-0.15, -0.1) is 26.3 Å². The van der Waals surface area contributed by atoms with Gasteiger partial charge in [0, 0.05) is 16.7 Å². The molecule has 0 radical (unpaired) electrons. The summed E-state index contributed by atoms with van der Waals surface area (Å²) in [6.45, 7) is 0. The van der Waals surface area contributed by atoms with E-state index in [2.05, 4.69) is 9.47 Å². The molecular weight excluding hydrogens is 614 g/mol. The first kappa shape index (κ1) is 30.8. The van der Waals surface area contributed by atoms with Crippen LogP contribution in [0.1, 0.15) is 33.4 Å². The van der Waals surface area contributed by atoms with Gasteiger partial charge in [0.25, 0.3) is 0 Å². The lowest BCUT2D eigenvalue weighted by atomic mass is 9.92. The molecule has 1 aliphatic rings. The van der Waals surface area contributed by atoms with Gasteiger partial charge in [-0.05, 0) is 81.9 Å². The van der Waals surface area contributed by atoms with Gasteiger partial charge < -0.3 is 20.9 Å². The summed E-state index contributed by atoms with van der Waals surface area (Å²) < 4.78 is 86.3. The minimum Gasteiger partial charge on any atom is -0.404 e. The van der Waals surface area contributed by atoms with E-state index in [9.17, 15) is 47.4 Å². The molecule has 0 spiro atoms. The third-order valence-corrected chi connectivity index (χ3v) is 6.95. The van der Waals surface area contributed by atoms with Crippen LogP contribution in [0.2, 0.25) is 0 Å². The number of benzene rings is 4. The number of halogens is 6. The lowest BCUT2D eigenvalue weighted by Crippen LogP contribution is -2.17. The first-order valence-electron chi connectivity index (χ1n) is 12.7. The summed E-state index contributed by atoms with van der Waals surface area (Å²) in [4.78, 5) is 0. The highest BCUT2D eigenvalue weighted by molar-refractivity contribution is 6.05. The Morgan fingerprint density at radius 1 is 0.500 bits per heavy atom. The van der Waals surface area contributed by atoms with E-state index in [-0.39, 0.29) is 44.8 Å². The monoisotopic (exact) mass is 628 g/mol. The zero-order valence-electron chi connectivity index (χ0n) is 22.8. The van der Waals surface area contributed by atoms with Crippen LogP contribution < -0.4 is 20.9 Å². The van der Waals surface area contributed by atoms with Gasteiger partial charge in [-0.2, -0.15) is 21.0 Å². The van der Waals surface area contributed by atoms with Gasteiger partial charge in [-0.3, -0.25) is 0 Å². The SMILES string of the molecule is N#Cc1ccc(-c2cc3c(cc2C#N)-c2cc(C#N)c(-c4ccc(C#N)c(OC(F)(F)F)c4)cc2C3=C(N)N)cc1OC(F)(F)F. The van der Waals surface area contributed by atoms with Gasteiger partial charge in [0.05, 0.1) is 34.4 Å². The van der Waals surface area contributed by atoms with E-state index in [4.69, 9.17) is 11.5 Å². The summed E-state index contributed by atoms with van der Waals surface area (Å²) in [6.07, 6.45) is -10.2. The van der Waals surface area contributed by atoms with Crippen LogP contribution >= 0.6 is 0 Å². The number of hydrogen-bond donors (Lipinski definition) is 2. The molecule has 0 amide bonds. The second kappa shape index (κ2) is 11.1. The zero-order chi connectivity index (χ0) is 33.6. The second-order valence-electron chi connectivity index (χ2n) is 9.68. The topological polar surface area (TPSA) is 166 Å². The first-order chi connectivity index (χ1) is 21.7. The van der Waals surface area contributed by atoms with E-state index in [0.29, 0.717) is 22.3 Å². The van der Waals surface area contributed by atoms with E-state index >= 15 is 0 Å². The molecular formula is C32H14F6N6O2. The van der Waals surface area contributed by atoms with Crippen molar-refractivity contribution in [2.45, 2.75) is 12.7 Å². The van der Waals surface area contributed by atoms with Crippen molar-refractivity contribution in [2.24, 2.45) is 11.5 Å². The van der Waals surface area contributed by atoms with E-state index < -0.39 is 35.4 Å². The average molecular weight is 628 g/mol. The van der Waals surface area contributed by atoms with Crippen molar-refractivity contribution >= 4 is 5.57 Å². The molecule has 0 fully saturated rings. The molecule has 0 saturated carbocycles. The Morgan fingerprint density at radius 2 is 0.870 bits per heavy atom. The summed E-state index contributed by atoms with van der Waals surface area (Å²) in [5, 5.41) is 38.5. The van der Waals surface area contributed by atoms with Crippen molar-refractivity contribution in [1.82, 2.24) is 0 Å². The van der Waals surface area contributed by atoms with Crippen LogP contribution in [-0.4, -0.2) is 12.7 Å². The highest BCUT2D eigenvalue weighted by Crippen LogP contribution is 2.49. The van der Waals surface area contributed by atoms with Crippen LogP contribution in [0.4, 0.5) is 26.3 Å². The van der Waals surface area contributed by atoms with Gasteiger partial charge >= 0.3 is 12.7 Å². The molecule has 4 aromatic carbocycles. The number of nitrogens with two attached hydrogens (primary N) is 2. The van der Waals surface area contributed by atoms with Gasteiger partial charge in [0.1, 0.15) is 29.5 Å². The molecule has 4 aromatic rings. The molecule has 0 atom stereocenters. The molecule has 226 valence electrons. The van der Waals surface area contributed by atoms with E-state index in [1.165, 1.54) is 36.4 Å². The fraction of sp³-hybridized carbons (Fsp3) is 0.0625. The molecule has 0 heterocycles. The number of ether oxygens (including phenoxy) is 2. The minimum absolute atomic E-state index is 0.00725. The van der Waals surface area contributed by atoms with Crippen LogP contribution in [0.5, 0.6) is 11.5 Å².